The number of rotatable bonds is 4. The number of hydrogen-bond acceptors (Lipinski definition) is 2. The molecule has 4 aromatic rings. The Morgan fingerprint density at radius 3 is 2.07 bits per heavy atom. The molecule has 0 spiro atoms. The minimum atomic E-state index is -0.979. The minimum Gasteiger partial charge on any atom is -0.484 e. The van der Waals surface area contributed by atoms with E-state index in [0.717, 1.165) is 33.2 Å². The lowest BCUT2D eigenvalue weighted by atomic mass is 9.89. The monoisotopic (exact) mass is 359 g/mol. The van der Waals surface area contributed by atoms with Crippen molar-refractivity contribution in [3.8, 4) is 11.4 Å². The van der Waals surface area contributed by atoms with Crippen molar-refractivity contribution in [1.82, 2.24) is 4.57 Å². The molecule has 1 N–H and O–H groups in total. The van der Waals surface area contributed by atoms with Crippen LogP contribution in [0.3, 0.4) is 0 Å². The first-order valence-electron chi connectivity index (χ1n) is 9.28. The van der Waals surface area contributed by atoms with Gasteiger partial charge >= 0.3 is 0 Å². The molecular weight excluding hydrogens is 334 g/mol. The third-order valence-electron chi connectivity index (χ3n) is 5.51. The van der Waals surface area contributed by atoms with Crippen LogP contribution in [-0.2, 0) is 0 Å². The lowest BCUT2D eigenvalue weighted by Crippen LogP contribution is -2.49. The van der Waals surface area contributed by atoms with Crippen molar-refractivity contribution >= 4 is 21.8 Å². The van der Waals surface area contributed by atoms with E-state index in [2.05, 4.69) is 47.0 Å². The smallest absolute Gasteiger partial charge is 0.131 e. The van der Waals surface area contributed by atoms with Gasteiger partial charge in [-0.15, -0.1) is 0 Å². The predicted molar refractivity (Wildman–Crippen MR) is 112 cm³/mol. The third kappa shape index (κ3) is 2.88. The first-order valence-corrected chi connectivity index (χ1v) is 9.28. The van der Waals surface area contributed by atoms with E-state index in [1.807, 2.05) is 44.2 Å². The first-order chi connectivity index (χ1) is 12.8. The molecule has 0 bridgehead atoms. The number of benzene rings is 3. The lowest BCUT2D eigenvalue weighted by molar-refractivity contribution is -0.0899. The van der Waals surface area contributed by atoms with E-state index in [1.165, 1.54) is 0 Å². The summed E-state index contributed by atoms with van der Waals surface area (Å²) in [6.07, 6.45) is 0. The fourth-order valence-corrected chi connectivity index (χ4v) is 3.33. The van der Waals surface area contributed by atoms with Gasteiger partial charge in [0.25, 0.3) is 0 Å². The average molecular weight is 359 g/mol. The van der Waals surface area contributed by atoms with Gasteiger partial charge in [-0.05, 0) is 58.0 Å². The first kappa shape index (κ1) is 17.6. The summed E-state index contributed by atoms with van der Waals surface area (Å²) in [5.41, 5.74) is 1.62. The summed E-state index contributed by atoms with van der Waals surface area (Å²) in [5.74, 6) is 0.783. The van der Waals surface area contributed by atoms with E-state index in [4.69, 9.17) is 4.74 Å². The van der Waals surface area contributed by atoms with Crippen molar-refractivity contribution in [1.29, 1.82) is 0 Å². The quantitative estimate of drug-likeness (QED) is 0.506. The summed E-state index contributed by atoms with van der Waals surface area (Å²) in [6.45, 7) is 7.39. The molecule has 0 radical (unpaired) electrons. The minimum absolute atomic E-state index is 0.739. The SMILES string of the molecule is CC(C)(O)C(C)(C)Oc1cccc2c1c1ccccc1n2-c1ccccc1. The molecule has 0 saturated heterocycles. The predicted octanol–water partition coefficient (Wildman–Crippen LogP) is 5.71. The normalized spacial score (nSPS) is 12.6. The zero-order valence-corrected chi connectivity index (χ0v) is 16.2. The maximum absolute atomic E-state index is 10.5. The lowest BCUT2D eigenvalue weighted by Gasteiger charge is -2.37. The maximum atomic E-state index is 10.5. The zero-order valence-electron chi connectivity index (χ0n) is 16.2. The van der Waals surface area contributed by atoms with Crippen LogP contribution in [0.5, 0.6) is 5.75 Å². The highest BCUT2D eigenvalue weighted by molar-refractivity contribution is 6.12. The highest BCUT2D eigenvalue weighted by Crippen LogP contribution is 2.40. The number of aromatic nitrogens is 1. The Kier molecular flexibility index (Phi) is 4.01. The molecule has 0 saturated carbocycles. The molecule has 0 atom stereocenters. The molecule has 0 aliphatic heterocycles. The fraction of sp³-hybridized carbons (Fsp3) is 0.250. The van der Waals surface area contributed by atoms with Crippen LogP contribution < -0.4 is 4.74 Å². The molecular formula is C24H25NO2. The van der Waals surface area contributed by atoms with Gasteiger partial charge in [0.05, 0.1) is 16.6 Å². The van der Waals surface area contributed by atoms with Crippen LogP contribution in [0.4, 0.5) is 0 Å². The van der Waals surface area contributed by atoms with E-state index in [-0.39, 0.29) is 0 Å². The van der Waals surface area contributed by atoms with Gasteiger partial charge in [-0.2, -0.15) is 0 Å². The topological polar surface area (TPSA) is 34.4 Å². The van der Waals surface area contributed by atoms with Crippen LogP contribution in [0.2, 0.25) is 0 Å². The maximum Gasteiger partial charge on any atom is 0.131 e. The van der Waals surface area contributed by atoms with E-state index in [0.29, 0.717) is 0 Å². The summed E-state index contributed by atoms with van der Waals surface area (Å²) in [4.78, 5) is 0. The van der Waals surface area contributed by atoms with Crippen LogP contribution in [0.1, 0.15) is 27.7 Å². The molecule has 0 amide bonds. The molecule has 4 rings (SSSR count). The van der Waals surface area contributed by atoms with Gasteiger partial charge in [0.15, 0.2) is 0 Å². The van der Waals surface area contributed by atoms with E-state index >= 15 is 0 Å². The van der Waals surface area contributed by atoms with Crippen LogP contribution in [0.15, 0.2) is 72.8 Å². The molecule has 1 aromatic heterocycles. The molecule has 3 aromatic carbocycles. The number of para-hydroxylation sites is 2. The largest absolute Gasteiger partial charge is 0.484 e. The number of ether oxygens (including phenoxy) is 1. The number of nitrogens with zero attached hydrogens (tertiary/aromatic N) is 1. The summed E-state index contributed by atoms with van der Waals surface area (Å²) in [7, 11) is 0. The molecule has 0 fully saturated rings. The molecule has 3 nitrogen and oxygen atoms in total. The van der Waals surface area contributed by atoms with Crippen LogP contribution in [-0.4, -0.2) is 20.9 Å². The summed E-state index contributed by atoms with van der Waals surface area (Å²) >= 11 is 0. The Morgan fingerprint density at radius 1 is 0.741 bits per heavy atom. The molecule has 0 unspecified atom stereocenters. The van der Waals surface area contributed by atoms with E-state index in [9.17, 15) is 5.11 Å². The van der Waals surface area contributed by atoms with E-state index in [1.54, 1.807) is 13.8 Å². The molecule has 27 heavy (non-hydrogen) atoms. The number of hydrogen-bond donors (Lipinski definition) is 1. The van der Waals surface area contributed by atoms with Crippen molar-refractivity contribution in [2.75, 3.05) is 0 Å². The molecule has 0 aliphatic rings. The second-order valence-corrected chi connectivity index (χ2v) is 8.01. The van der Waals surface area contributed by atoms with Gasteiger partial charge in [-0.25, -0.2) is 0 Å². The van der Waals surface area contributed by atoms with Gasteiger partial charge in [-0.3, -0.25) is 0 Å². The van der Waals surface area contributed by atoms with Crippen molar-refractivity contribution in [2.24, 2.45) is 0 Å². The summed E-state index contributed by atoms with van der Waals surface area (Å²) in [5, 5.41) is 12.7. The van der Waals surface area contributed by atoms with E-state index < -0.39 is 11.2 Å². The van der Waals surface area contributed by atoms with Gasteiger partial charge in [0, 0.05) is 16.5 Å². The summed E-state index contributed by atoms with van der Waals surface area (Å²) < 4.78 is 8.63. The Labute approximate surface area is 159 Å². The number of fused-ring (bicyclic) bond motifs is 3. The zero-order chi connectivity index (χ0) is 19.2. The molecule has 138 valence electrons. The van der Waals surface area contributed by atoms with Gasteiger partial charge in [-0.1, -0.05) is 42.5 Å². The highest BCUT2D eigenvalue weighted by atomic mass is 16.5. The summed E-state index contributed by atoms with van der Waals surface area (Å²) in [6, 6.07) is 24.8. The van der Waals surface area contributed by atoms with Crippen molar-refractivity contribution in [3.05, 3.63) is 72.8 Å². The molecule has 3 heteroatoms. The Morgan fingerprint density at radius 2 is 1.37 bits per heavy atom. The van der Waals surface area contributed by atoms with Crippen LogP contribution >= 0.6 is 0 Å². The Hall–Kier alpha value is -2.78. The van der Waals surface area contributed by atoms with Crippen molar-refractivity contribution in [2.45, 2.75) is 38.9 Å². The number of aliphatic hydroxyl groups is 1. The molecule has 0 aliphatic carbocycles. The highest BCUT2D eigenvalue weighted by Gasteiger charge is 2.38. The van der Waals surface area contributed by atoms with Crippen molar-refractivity contribution < 1.29 is 9.84 Å². The van der Waals surface area contributed by atoms with Gasteiger partial charge in [0.1, 0.15) is 11.4 Å². The van der Waals surface area contributed by atoms with Gasteiger partial charge < -0.3 is 14.4 Å². The van der Waals surface area contributed by atoms with Crippen molar-refractivity contribution in [3.63, 3.8) is 0 Å². The Balaban J connectivity index is 2.02. The second kappa shape index (κ2) is 6.14. The fourth-order valence-electron chi connectivity index (χ4n) is 3.33. The third-order valence-corrected chi connectivity index (χ3v) is 5.51. The van der Waals surface area contributed by atoms with Crippen LogP contribution in [0, 0.1) is 0 Å². The second-order valence-electron chi connectivity index (χ2n) is 8.01. The average Bonchev–Trinajstić information content (AvgIpc) is 2.96. The standard InChI is InChI=1S/C24H25NO2/c1-23(2,26)24(3,4)27-21-16-10-15-20-22(21)18-13-8-9-14-19(18)25(20)17-11-6-5-7-12-17/h5-16,26H,1-4H3. The molecule has 1 heterocycles. The Bertz CT molecular complexity index is 1100. The van der Waals surface area contributed by atoms with Gasteiger partial charge in [0.2, 0.25) is 0 Å². The van der Waals surface area contributed by atoms with Crippen LogP contribution in [0.25, 0.3) is 27.5 Å².